The smallest absolute Gasteiger partial charge is 0.00667 e. The third-order valence-electron chi connectivity index (χ3n) is 3.30. The second-order valence-corrected chi connectivity index (χ2v) is 5.29. The van der Waals surface area contributed by atoms with E-state index in [0.29, 0.717) is 0 Å². The van der Waals surface area contributed by atoms with Gasteiger partial charge in [0.05, 0.1) is 0 Å². The Hall–Kier alpha value is -2.08. The average Bonchev–Trinajstić information content (AvgIpc) is 2.47. The molecule has 2 aromatic carbocycles. The van der Waals surface area contributed by atoms with Crippen LogP contribution in [0.15, 0.2) is 84.0 Å². The largest absolute Gasteiger partial charge is 0.0772 e. The number of rotatable bonds is 5. The molecule has 0 saturated carbocycles. The molecule has 0 spiro atoms. The van der Waals surface area contributed by atoms with E-state index >= 15 is 0 Å². The quantitative estimate of drug-likeness (QED) is 0.636. The first-order valence-corrected chi connectivity index (χ1v) is 7.16. The molecule has 0 heterocycles. The van der Waals surface area contributed by atoms with Crippen LogP contribution >= 0.6 is 0 Å². The van der Waals surface area contributed by atoms with Gasteiger partial charge in [0.2, 0.25) is 0 Å². The highest BCUT2D eigenvalue weighted by Gasteiger charge is 1.94. The minimum absolute atomic E-state index is 1.00. The first-order valence-electron chi connectivity index (χ1n) is 7.16. The predicted octanol–water partition coefficient (Wildman–Crippen LogP) is 5.36. The van der Waals surface area contributed by atoms with E-state index < -0.39 is 0 Å². The molecule has 0 unspecified atom stereocenters. The molecule has 0 amide bonds. The summed E-state index contributed by atoms with van der Waals surface area (Å²) in [6, 6.07) is 21.2. The van der Waals surface area contributed by atoms with E-state index in [0.717, 1.165) is 12.8 Å². The second-order valence-electron chi connectivity index (χ2n) is 5.29. The number of hydrogen-bond donors (Lipinski definition) is 0. The summed E-state index contributed by atoms with van der Waals surface area (Å²) in [7, 11) is 0. The van der Waals surface area contributed by atoms with Crippen molar-refractivity contribution in [2.24, 2.45) is 0 Å². The van der Waals surface area contributed by atoms with Gasteiger partial charge in [0, 0.05) is 0 Å². The van der Waals surface area contributed by atoms with Gasteiger partial charge in [-0.25, -0.2) is 0 Å². The SMILES string of the molecule is CC(=CCc1ccccc1)C=C(C)Cc1ccccc1. The summed E-state index contributed by atoms with van der Waals surface area (Å²) in [5.41, 5.74) is 5.47. The molecule has 0 radical (unpaired) electrons. The molecule has 2 aromatic rings. The first-order chi connectivity index (χ1) is 9.74. The normalized spacial score (nSPS) is 12.5. The molecule has 20 heavy (non-hydrogen) atoms. The van der Waals surface area contributed by atoms with E-state index in [9.17, 15) is 0 Å². The summed E-state index contributed by atoms with van der Waals surface area (Å²) in [5.74, 6) is 0. The summed E-state index contributed by atoms with van der Waals surface area (Å²) in [6.45, 7) is 4.38. The van der Waals surface area contributed by atoms with Crippen LogP contribution in [0.4, 0.5) is 0 Å². The molecular formula is C20H22. The maximum absolute atomic E-state index is 2.30. The van der Waals surface area contributed by atoms with E-state index in [1.807, 2.05) is 0 Å². The van der Waals surface area contributed by atoms with Crippen molar-refractivity contribution in [3.05, 3.63) is 95.1 Å². The summed E-state index contributed by atoms with van der Waals surface area (Å²) in [4.78, 5) is 0. The molecule has 102 valence electrons. The van der Waals surface area contributed by atoms with Gasteiger partial charge in [-0.05, 0) is 37.8 Å². The molecule has 0 fully saturated rings. The molecule has 0 aliphatic rings. The maximum Gasteiger partial charge on any atom is -0.00667 e. The van der Waals surface area contributed by atoms with Crippen molar-refractivity contribution >= 4 is 0 Å². The third kappa shape index (κ3) is 4.89. The van der Waals surface area contributed by atoms with Crippen molar-refractivity contribution in [1.29, 1.82) is 0 Å². The summed E-state index contributed by atoms with van der Waals surface area (Å²) < 4.78 is 0. The molecular weight excluding hydrogens is 240 g/mol. The fourth-order valence-corrected chi connectivity index (χ4v) is 2.31. The number of benzene rings is 2. The zero-order valence-corrected chi connectivity index (χ0v) is 12.3. The van der Waals surface area contributed by atoms with Gasteiger partial charge in [0.15, 0.2) is 0 Å². The van der Waals surface area contributed by atoms with Crippen LogP contribution in [-0.2, 0) is 12.8 Å². The molecule has 0 atom stereocenters. The van der Waals surface area contributed by atoms with Crippen LogP contribution in [0.1, 0.15) is 25.0 Å². The van der Waals surface area contributed by atoms with E-state index in [4.69, 9.17) is 0 Å². The highest BCUT2D eigenvalue weighted by molar-refractivity contribution is 5.28. The minimum atomic E-state index is 1.00. The highest BCUT2D eigenvalue weighted by Crippen LogP contribution is 2.11. The summed E-state index contributed by atoms with van der Waals surface area (Å²) >= 11 is 0. The Kier molecular flexibility index (Phi) is 5.37. The lowest BCUT2D eigenvalue weighted by Gasteiger charge is -2.03. The fourth-order valence-electron chi connectivity index (χ4n) is 2.31. The standard InChI is InChI=1S/C20H22/c1-17(13-14-19-9-5-3-6-10-19)15-18(2)16-20-11-7-4-8-12-20/h3-13,15H,14,16H2,1-2H3. The third-order valence-corrected chi connectivity index (χ3v) is 3.30. The Morgan fingerprint density at radius 1 is 0.800 bits per heavy atom. The van der Waals surface area contributed by atoms with Gasteiger partial charge < -0.3 is 0 Å². The van der Waals surface area contributed by atoms with E-state index in [-0.39, 0.29) is 0 Å². The molecule has 0 aliphatic heterocycles. The molecule has 0 bridgehead atoms. The maximum atomic E-state index is 2.30. The molecule has 2 rings (SSSR count). The van der Waals surface area contributed by atoms with Gasteiger partial charge in [-0.3, -0.25) is 0 Å². The molecule has 0 aromatic heterocycles. The number of allylic oxidation sites excluding steroid dienone is 4. The second kappa shape index (κ2) is 7.49. The fraction of sp³-hybridized carbons (Fsp3) is 0.200. The van der Waals surface area contributed by atoms with E-state index in [2.05, 4.69) is 86.7 Å². The van der Waals surface area contributed by atoms with Crippen LogP contribution in [0, 0.1) is 0 Å². The average molecular weight is 262 g/mol. The van der Waals surface area contributed by atoms with Gasteiger partial charge in [-0.1, -0.05) is 84.0 Å². The zero-order valence-electron chi connectivity index (χ0n) is 12.3. The Morgan fingerprint density at radius 3 is 1.95 bits per heavy atom. The van der Waals surface area contributed by atoms with Crippen LogP contribution in [0.5, 0.6) is 0 Å². The summed E-state index contributed by atoms with van der Waals surface area (Å²) in [6.07, 6.45) is 6.61. The molecule has 0 nitrogen and oxygen atoms in total. The lowest BCUT2D eigenvalue weighted by atomic mass is 10.0. The van der Waals surface area contributed by atoms with Gasteiger partial charge in [0.1, 0.15) is 0 Å². The van der Waals surface area contributed by atoms with Crippen molar-refractivity contribution in [1.82, 2.24) is 0 Å². The van der Waals surface area contributed by atoms with Crippen LogP contribution in [0.25, 0.3) is 0 Å². The van der Waals surface area contributed by atoms with Crippen LogP contribution in [0.3, 0.4) is 0 Å². The lowest BCUT2D eigenvalue weighted by molar-refractivity contribution is 1.13. The Morgan fingerprint density at radius 2 is 1.35 bits per heavy atom. The Balaban J connectivity index is 1.95. The van der Waals surface area contributed by atoms with Crippen LogP contribution < -0.4 is 0 Å². The van der Waals surface area contributed by atoms with Gasteiger partial charge >= 0.3 is 0 Å². The molecule has 0 N–H and O–H groups in total. The van der Waals surface area contributed by atoms with Crippen molar-refractivity contribution in [2.45, 2.75) is 26.7 Å². The Bertz CT molecular complexity index is 574. The van der Waals surface area contributed by atoms with Crippen LogP contribution in [0.2, 0.25) is 0 Å². The number of hydrogen-bond acceptors (Lipinski definition) is 0. The van der Waals surface area contributed by atoms with Crippen molar-refractivity contribution in [3.8, 4) is 0 Å². The zero-order chi connectivity index (χ0) is 14.2. The van der Waals surface area contributed by atoms with E-state index in [1.54, 1.807) is 0 Å². The molecule has 0 aliphatic carbocycles. The van der Waals surface area contributed by atoms with Gasteiger partial charge in [-0.2, -0.15) is 0 Å². The van der Waals surface area contributed by atoms with Crippen molar-refractivity contribution in [3.63, 3.8) is 0 Å². The van der Waals surface area contributed by atoms with Gasteiger partial charge in [0.25, 0.3) is 0 Å². The Labute approximate surface area is 122 Å². The van der Waals surface area contributed by atoms with Gasteiger partial charge in [-0.15, -0.1) is 0 Å². The summed E-state index contributed by atoms with van der Waals surface area (Å²) in [5, 5.41) is 0. The highest BCUT2D eigenvalue weighted by atomic mass is 14.0. The molecule has 0 saturated heterocycles. The monoisotopic (exact) mass is 262 g/mol. The van der Waals surface area contributed by atoms with Crippen molar-refractivity contribution < 1.29 is 0 Å². The predicted molar refractivity (Wildman–Crippen MR) is 87.8 cm³/mol. The lowest BCUT2D eigenvalue weighted by Crippen LogP contribution is -1.87. The molecule has 0 heteroatoms. The van der Waals surface area contributed by atoms with Crippen molar-refractivity contribution in [2.75, 3.05) is 0 Å². The first kappa shape index (κ1) is 14.3. The van der Waals surface area contributed by atoms with Crippen LogP contribution in [-0.4, -0.2) is 0 Å². The topological polar surface area (TPSA) is 0 Å². The minimum Gasteiger partial charge on any atom is -0.0772 e. The van der Waals surface area contributed by atoms with E-state index in [1.165, 1.54) is 22.3 Å².